The molecule has 0 aliphatic carbocycles. The fourth-order valence-corrected chi connectivity index (χ4v) is 3.25. The summed E-state index contributed by atoms with van der Waals surface area (Å²) in [4.78, 5) is 71.2. The monoisotopic (exact) mass is 489 g/mol. The number of hydrogen-bond donors (Lipinski definition) is 3. The standard InChI is InChI=1S/C20H31N3O11/c1-9(24)30-8-14-16(31-10(2)25)17(32-11(3)26)18(33-12(4)27)20(34-14)23-15(28)7-13(21-5)19(29)22-6/h13-14,16-18,20-21H,7-8H2,1-6H3,(H,22,29)(H,23,28)/t13-,14?,16+,17?,18?,20+/m0/s1. The summed E-state index contributed by atoms with van der Waals surface area (Å²) < 4.78 is 26.5. The third-order valence-corrected chi connectivity index (χ3v) is 4.59. The Balaban J connectivity index is 3.30. The van der Waals surface area contributed by atoms with E-state index in [1.165, 1.54) is 14.1 Å². The van der Waals surface area contributed by atoms with Crippen molar-refractivity contribution in [2.24, 2.45) is 0 Å². The molecule has 3 unspecified atom stereocenters. The Morgan fingerprint density at radius 2 is 1.32 bits per heavy atom. The van der Waals surface area contributed by atoms with E-state index in [1.54, 1.807) is 0 Å². The maximum absolute atomic E-state index is 12.7. The van der Waals surface area contributed by atoms with Crippen LogP contribution in [0.5, 0.6) is 0 Å². The SMILES string of the molecule is CNC(=O)[C@H](CC(=O)N[C@@H]1OC(COC(C)=O)[C@@H](OC(C)=O)C(OC(C)=O)C1OC(C)=O)NC. The Hall–Kier alpha value is -3.26. The molecule has 0 aromatic carbocycles. The van der Waals surface area contributed by atoms with Gasteiger partial charge in [-0.15, -0.1) is 0 Å². The summed E-state index contributed by atoms with van der Waals surface area (Å²) in [5, 5.41) is 7.58. The molecule has 14 heteroatoms. The number of esters is 4. The van der Waals surface area contributed by atoms with Gasteiger partial charge in [0.2, 0.25) is 11.8 Å². The molecule has 6 atom stereocenters. The first kappa shape index (κ1) is 28.8. The van der Waals surface area contributed by atoms with Crippen molar-refractivity contribution in [2.75, 3.05) is 20.7 Å². The Kier molecular flexibility index (Phi) is 11.4. The predicted octanol–water partition coefficient (Wildman–Crippen LogP) is -2.09. The first-order valence-electron chi connectivity index (χ1n) is 10.4. The van der Waals surface area contributed by atoms with Crippen molar-refractivity contribution in [3.8, 4) is 0 Å². The van der Waals surface area contributed by atoms with Crippen LogP contribution in [0.4, 0.5) is 0 Å². The summed E-state index contributed by atoms with van der Waals surface area (Å²) >= 11 is 0. The van der Waals surface area contributed by atoms with Crippen molar-refractivity contribution >= 4 is 35.7 Å². The third-order valence-electron chi connectivity index (χ3n) is 4.59. The molecule has 1 heterocycles. The Labute approximate surface area is 196 Å². The van der Waals surface area contributed by atoms with E-state index < -0.39 is 79.0 Å². The highest BCUT2D eigenvalue weighted by atomic mass is 16.7. The van der Waals surface area contributed by atoms with Crippen molar-refractivity contribution in [1.82, 2.24) is 16.0 Å². The molecule has 1 aliphatic heterocycles. The lowest BCUT2D eigenvalue weighted by Gasteiger charge is -2.44. The van der Waals surface area contributed by atoms with E-state index in [4.69, 9.17) is 23.7 Å². The molecule has 1 fully saturated rings. The van der Waals surface area contributed by atoms with Crippen LogP contribution >= 0.6 is 0 Å². The third kappa shape index (κ3) is 8.94. The molecule has 2 amide bonds. The lowest BCUT2D eigenvalue weighted by atomic mass is 9.97. The van der Waals surface area contributed by atoms with Crippen molar-refractivity contribution in [3.63, 3.8) is 0 Å². The van der Waals surface area contributed by atoms with E-state index in [-0.39, 0.29) is 6.42 Å². The second kappa shape index (κ2) is 13.4. The second-order valence-electron chi connectivity index (χ2n) is 7.35. The zero-order valence-corrected chi connectivity index (χ0v) is 19.9. The first-order chi connectivity index (χ1) is 15.9. The summed E-state index contributed by atoms with van der Waals surface area (Å²) in [5.41, 5.74) is 0. The minimum atomic E-state index is -1.43. The molecular weight excluding hydrogens is 458 g/mol. The van der Waals surface area contributed by atoms with Crippen molar-refractivity contribution in [1.29, 1.82) is 0 Å². The largest absolute Gasteiger partial charge is 0.463 e. The normalized spacial score (nSPS) is 24.7. The minimum Gasteiger partial charge on any atom is -0.463 e. The average Bonchev–Trinajstić information content (AvgIpc) is 2.73. The summed E-state index contributed by atoms with van der Waals surface area (Å²) in [6, 6.07) is -0.879. The van der Waals surface area contributed by atoms with Crippen LogP contribution < -0.4 is 16.0 Å². The van der Waals surface area contributed by atoms with Gasteiger partial charge in [0, 0.05) is 34.7 Å². The summed E-state index contributed by atoms with van der Waals surface area (Å²) in [6.07, 6.45) is -7.11. The van der Waals surface area contributed by atoms with Gasteiger partial charge in [0.1, 0.15) is 12.7 Å². The molecule has 1 saturated heterocycles. The lowest BCUT2D eigenvalue weighted by Crippen LogP contribution is -2.66. The van der Waals surface area contributed by atoms with E-state index in [2.05, 4.69) is 16.0 Å². The predicted molar refractivity (Wildman–Crippen MR) is 112 cm³/mol. The summed E-state index contributed by atoms with van der Waals surface area (Å²) in [6.45, 7) is 3.98. The number of nitrogens with one attached hydrogen (secondary N) is 3. The number of ether oxygens (including phenoxy) is 5. The van der Waals surface area contributed by atoms with Gasteiger partial charge >= 0.3 is 23.9 Å². The van der Waals surface area contributed by atoms with Crippen LogP contribution in [-0.2, 0) is 52.5 Å². The smallest absolute Gasteiger partial charge is 0.303 e. The van der Waals surface area contributed by atoms with Gasteiger partial charge in [-0.3, -0.25) is 28.8 Å². The topological polar surface area (TPSA) is 185 Å². The molecule has 14 nitrogen and oxygen atoms in total. The molecule has 0 radical (unpaired) electrons. The van der Waals surface area contributed by atoms with Crippen molar-refractivity contribution in [2.45, 2.75) is 70.8 Å². The molecule has 1 rings (SSSR count). The van der Waals surface area contributed by atoms with Gasteiger partial charge in [-0.2, -0.15) is 0 Å². The van der Waals surface area contributed by atoms with Crippen LogP contribution in [0.15, 0.2) is 0 Å². The quantitative estimate of drug-likeness (QED) is 0.225. The minimum absolute atomic E-state index is 0.316. The maximum atomic E-state index is 12.7. The summed E-state index contributed by atoms with van der Waals surface area (Å²) in [5.74, 6) is -4.16. The van der Waals surface area contributed by atoms with Crippen molar-refractivity contribution < 1.29 is 52.5 Å². The Bertz CT molecular complexity index is 788. The van der Waals surface area contributed by atoms with Gasteiger partial charge in [-0.05, 0) is 7.05 Å². The second-order valence-corrected chi connectivity index (χ2v) is 7.35. The number of amides is 2. The molecule has 3 N–H and O–H groups in total. The number of carbonyl (C=O) groups is 6. The maximum Gasteiger partial charge on any atom is 0.303 e. The van der Waals surface area contributed by atoms with Crippen LogP contribution in [0.1, 0.15) is 34.1 Å². The molecule has 0 aromatic heterocycles. The number of carbonyl (C=O) groups excluding carboxylic acids is 6. The van der Waals surface area contributed by atoms with Crippen LogP contribution in [0.3, 0.4) is 0 Å². The molecule has 0 spiro atoms. The van der Waals surface area contributed by atoms with Gasteiger partial charge in [-0.25, -0.2) is 0 Å². The average molecular weight is 489 g/mol. The number of rotatable bonds is 10. The molecule has 1 aliphatic rings. The fourth-order valence-electron chi connectivity index (χ4n) is 3.25. The van der Waals surface area contributed by atoms with E-state index in [0.717, 1.165) is 27.7 Å². The molecule has 0 aromatic rings. The first-order valence-corrected chi connectivity index (χ1v) is 10.4. The van der Waals surface area contributed by atoms with Crippen LogP contribution in [0, 0.1) is 0 Å². The van der Waals surface area contributed by atoms with E-state index >= 15 is 0 Å². The van der Waals surface area contributed by atoms with Crippen LogP contribution in [-0.4, -0.2) is 93.1 Å². The highest BCUT2D eigenvalue weighted by molar-refractivity contribution is 5.88. The molecular formula is C20H31N3O11. The molecule has 0 saturated carbocycles. The van der Waals surface area contributed by atoms with Gasteiger partial charge < -0.3 is 39.6 Å². The molecule has 34 heavy (non-hydrogen) atoms. The Morgan fingerprint density at radius 1 is 0.794 bits per heavy atom. The number of hydrogen-bond acceptors (Lipinski definition) is 12. The molecule has 0 bridgehead atoms. The number of likely N-dealkylation sites (N-methyl/N-ethyl adjacent to an activating group) is 2. The van der Waals surface area contributed by atoms with E-state index in [9.17, 15) is 28.8 Å². The van der Waals surface area contributed by atoms with E-state index in [1.807, 2.05) is 0 Å². The summed E-state index contributed by atoms with van der Waals surface area (Å²) in [7, 11) is 2.89. The zero-order chi connectivity index (χ0) is 26.0. The highest BCUT2D eigenvalue weighted by Crippen LogP contribution is 2.28. The van der Waals surface area contributed by atoms with Crippen LogP contribution in [0.2, 0.25) is 0 Å². The highest BCUT2D eigenvalue weighted by Gasteiger charge is 2.52. The van der Waals surface area contributed by atoms with Gasteiger partial charge in [0.15, 0.2) is 24.5 Å². The zero-order valence-electron chi connectivity index (χ0n) is 19.9. The van der Waals surface area contributed by atoms with Gasteiger partial charge in [0.05, 0.1) is 12.5 Å². The van der Waals surface area contributed by atoms with E-state index in [0.29, 0.717) is 0 Å². The lowest BCUT2D eigenvalue weighted by molar-refractivity contribution is -0.257. The Morgan fingerprint density at radius 3 is 1.79 bits per heavy atom. The molecule has 192 valence electrons. The van der Waals surface area contributed by atoms with Gasteiger partial charge in [0.25, 0.3) is 0 Å². The van der Waals surface area contributed by atoms with Crippen molar-refractivity contribution in [3.05, 3.63) is 0 Å². The van der Waals surface area contributed by atoms with Gasteiger partial charge in [-0.1, -0.05) is 0 Å². The fraction of sp³-hybridized carbons (Fsp3) is 0.700. The van der Waals surface area contributed by atoms with Crippen LogP contribution in [0.25, 0.3) is 0 Å².